The van der Waals surface area contributed by atoms with E-state index >= 15 is 0 Å². The van der Waals surface area contributed by atoms with Gasteiger partial charge in [0.2, 0.25) is 0 Å². The van der Waals surface area contributed by atoms with Gasteiger partial charge in [-0.15, -0.1) is 0 Å². The van der Waals surface area contributed by atoms with Gasteiger partial charge in [-0.3, -0.25) is 10.1 Å². The van der Waals surface area contributed by atoms with E-state index in [4.69, 9.17) is 26.8 Å². The Hall–Kier alpha value is -2.31. The Bertz CT molecular complexity index is 918. The predicted molar refractivity (Wildman–Crippen MR) is 126 cm³/mol. The van der Waals surface area contributed by atoms with Crippen molar-refractivity contribution in [2.75, 3.05) is 72.5 Å². The number of likely N-dealkylation sites (N-methyl/N-ethyl adjacent to an activating group) is 2. The van der Waals surface area contributed by atoms with E-state index in [0.717, 1.165) is 19.5 Å². The standard InChI is InChI=1S/C21H32ClN7O4/c1-26(2)7-8-27(3)16-12-18(32-4)21(23,13-17(16)29(30)31)20-24-14-15(22)19(25-20)28-6-5-10-33-11-9-28/h12-14,18H,5-11,23H2,1-4H3. The summed E-state index contributed by atoms with van der Waals surface area (Å²) in [5.74, 6) is 0.727. The summed E-state index contributed by atoms with van der Waals surface area (Å²) in [5.41, 5.74) is 5.61. The number of aromatic nitrogens is 2. The molecule has 1 aliphatic heterocycles. The monoisotopic (exact) mass is 481 g/mol. The van der Waals surface area contributed by atoms with Crippen molar-refractivity contribution in [2.45, 2.75) is 18.1 Å². The van der Waals surface area contributed by atoms with E-state index in [1.54, 1.807) is 13.1 Å². The van der Waals surface area contributed by atoms with E-state index in [9.17, 15) is 10.1 Å². The molecule has 2 N–H and O–H groups in total. The Labute approximate surface area is 198 Å². The van der Waals surface area contributed by atoms with Crippen LogP contribution in [0.4, 0.5) is 5.82 Å². The van der Waals surface area contributed by atoms with Gasteiger partial charge in [-0.25, -0.2) is 9.97 Å². The number of ether oxygens (including phenoxy) is 2. The quantitative estimate of drug-likeness (QED) is 0.426. The first-order chi connectivity index (χ1) is 15.7. The Balaban J connectivity index is 2.01. The SMILES string of the molecule is COC1C=C(N(C)CCN(C)C)C([N+](=O)[O-])=CC1(N)c1ncc(Cl)c(N2CCCOCC2)n1. The van der Waals surface area contributed by atoms with Crippen molar-refractivity contribution in [1.82, 2.24) is 19.8 Å². The zero-order valence-corrected chi connectivity index (χ0v) is 20.3. The largest absolute Gasteiger partial charge is 0.380 e. The first-order valence-corrected chi connectivity index (χ1v) is 11.2. The van der Waals surface area contributed by atoms with Crippen LogP contribution in [-0.4, -0.2) is 98.4 Å². The van der Waals surface area contributed by atoms with Crippen LogP contribution in [0.25, 0.3) is 0 Å². The third-order valence-corrected chi connectivity index (χ3v) is 6.06. The van der Waals surface area contributed by atoms with Gasteiger partial charge in [0.15, 0.2) is 11.6 Å². The number of rotatable bonds is 8. The maximum absolute atomic E-state index is 12.0. The second-order valence-corrected chi connectivity index (χ2v) is 8.88. The van der Waals surface area contributed by atoms with Crippen molar-refractivity contribution in [1.29, 1.82) is 0 Å². The number of nitrogens with zero attached hydrogens (tertiary/aromatic N) is 6. The van der Waals surface area contributed by atoms with Crippen LogP contribution in [0.2, 0.25) is 5.02 Å². The van der Waals surface area contributed by atoms with Crippen LogP contribution >= 0.6 is 11.6 Å². The minimum absolute atomic E-state index is 0.115. The average molecular weight is 482 g/mol. The first kappa shape index (κ1) is 25.3. The Morgan fingerprint density at radius 1 is 1.36 bits per heavy atom. The minimum Gasteiger partial charge on any atom is -0.380 e. The minimum atomic E-state index is -1.45. The van der Waals surface area contributed by atoms with Gasteiger partial charge in [0.25, 0.3) is 5.70 Å². The van der Waals surface area contributed by atoms with Crippen molar-refractivity contribution >= 4 is 17.4 Å². The van der Waals surface area contributed by atoms with Gasteiger partial charge in [0.05, 0.1) is 17.7 Å². The highest BCUT2D eigenvalue weighted by Crippen LogP contribution is 2.36. The number of hydrogen-bond donors (Lipinski definition) is 1. The third kappa shape index (κ3) is 5.61. The lowest BCUT2D eigenvalue weighted by molar-refractivity contribution is -0.423. The molecule has 1 aliphatic carbocycles. The summed E-state index contributed by atoms with van der Waals surface area (Å²) in [6, 6.07) is 0. The number of anilines is 1. The maximum Gasteiger partial charge on any atom is 0.290 e. The van der Waals surface area contributed by atoms with Crippen molar-refractivity contribution < 1.29 is 14.4 Å². The molecule has 182 valence electrons. The van der Waals surface area contributed by atoms with Gasteiger partial charge in [0, 0.05) is 53.0 Å². The molecule has 2 atom stereocenters. The van der Waals surface area contributed by atoms with Crippen LogP contribution < -0.4 is 10.6 Å². The topological polar surface area (TPSA) is 123 Å². The van der Waals surface area contributed by atoms with Crippen LogP contribution in [0, 0.1) is 10.1 Å². The van der Waals surface area contributed by atoms with Crippen LogP contribution in [0.1, 0.15) is 12.2 Å². The lowest BCUT2D eigenvalue weighted by Gasteiger charge is -2.36. The fourth-order valence-electron chi connectivity index (χ4n) is 3.89. The van der Waals surface area contributed by atoms with E-state index in [1.165, 1.54) is 19.4 Å². The molecule has 1 aromatic heterocycles. The fourth-order valence-corrected chi connectivity index (χ4v) is 4.10. The summed E-state index contributed by atoms with van der Waals surface area (Å²) < 4.78 is 11.2. The summed E-state index contributed by atoms with van der Waals surface area (Å²) in [4.78, 5) is 26.4. The zero-order chi connectivity index (χ0) is 24.2. The van der Waals surface area contributed by atoms with E-state index in [-0.39, 0.29) is 11.5 Å². The van der Waals surface area contributed by atoms with Crippen molar-refractivity contribution in [3.05, 3.63) is 50.7 Å². The summed E-state index contributed by atoms with van der Waals surface area (Å²) in [6.07, 6.45) is 4.65. The fraction of sp³-hybridized carbons (Fsp3) is 0.619. The number of hydrogen-bond acceptors (Lipinski definition) is 10. The average Bonchev–Trinajstić information content (AvgIpc) is 3.06. The van der Waals surface area contributed by atoms with Crippen LogP contribution in [0.5, 0.6) is 0 Å². The molecule has 1 aromatic rings. The van der Waals surface area contributed by atoms with Gasteiger partial charge in [-0.1, -0.05) is 11.6 Å². The van der Waals surface area contributed by atoms with Gasteiger partial charge in [-0.05, 0) is 26.6 Å². The first-order valence-electron chi connectivity index (χ1n) is 10.8. The van der Waals surface area contributed by atoms with Crippen LogP contribution in [-0.2, 0) is 15.0 Å². The number of halogens is 1. The van der Waals surface area contributed by atoms with Crippen molar-refractivity contribution in [3.8, 4) is 0 Å². The molecule has 11 nitrogen and oxygen atoms in total. The van der Waals surface area contributed by atoms with E-state index in [1.807, 2.05) is 28.8 Å². The number of methoxy groups -OCH3 is 1. The normalized spacial score (nSPS) is 23.7. The molecular weight excluding hydrogens is 450 g/mol. The smallest absolute Gasteiger partial charge is 0.290 e. The molecule has 12 heteroatoms. The van der Waals surface area contributed by atoms with Crippen LogP contribution in [0.15, 0.2) is 29.7 Å². The molecule has 0 amide bonds. The van der Waals surface area contributed by atoms with E-state index in [0.29, 0.717) is 42.8 Å². The molecule has 0 spiro atoms. The second-order valence-electron chi connectivity index (χ2n) is 8.47. The van der Waals surface area contributed by atoms with Crippen molar-refractivity contribution in [2.24, 2.45) is 5.73 Å². The lowest BCUT2D eigenvalue weighted by atomic mass is 9.85. The Kier molecular flexibility index (Phi) is 8.24. The van der Waals surface area contributed by atoms with E-state index < -0.39 is 16.6 Å². The summed E-state index contributed by atoms with van der Waals surface area (Å²) in [5, 5.41) is 12.4. The zero-order valence-electron chi connectivity index (χ0n) is 19.5. The Morgan fingerprint density at radius 2 is 2.12 bits per heavy atom. The highest BCUT2D eigenvalue weighted by molar-refractivity contribution is 6.32. The van der Waals surface area contributed by atoms with Crippen LogP contribution in [0.3, 0.4) is 0 Å². The predicted octanol–water partition coefficient (Wildman–Crippen LogP) is 1.08. The summed E-state index contributed by atoms with van der Waals surface area (Å²) in [7, 11) is 7.21. The highest BCUT2D eigenvalue weighted by Gasteiger charge is 2.45. The molecule has 2 unspecified atom stereocenters. The maximum atomic E-state index is 12.0. The second kappa shape index (κ2) is 10.7. The molecule has 0 aromatic carbocycles. The highest BCUT2D eigenvalue weighted by atomic mass is 35.5. The third-order valence-electron chi connectivity index (χ3n) is 5.80. The molecule has 1 saturated heterocycles. The summed E-state index contributed by atoms with van der Waals surface area (Å²) >= 11 is 6.42. The lowest BCUT2D eigenvalue weighted by Crippen LogP contribution is -2.51. The van der Waals surface area contributed by atoms with E-state index in [2.05, 4.69) is 9.97 Å². The summed E-state index contributed by atoms with van der Waals surface area (Å²) in [6.45, 7) is 3.89. The number of nitro groups is 1. The molecule has 1 fully saturated rings. The molecule has 0 saturated carbocycles. The van der Waals surface area contributed by atoms with Gasteiger partial charge in [-0.2, -0.15) is 0 Å². The van der Waals surface area contributed by atoms with Gasteiger partial charge < -0.3 is 29.9 Å². The van der Waals surface area contributed by atoms with Crippen molar-refractivity contribution in [3.63, 3.8) is 0 Å². The molecule has 33 heavy (non-hydrogen) atoms. The molecule has 3 rings (SSSR count). The molecule has 0 radical (unpaired) electrons. The molecule has 0 bridgehead atoms. The molecule has 2 heterocycles. The molecular formula is C21H32ClN7O4. The van der Waals surface area contributed by atoms with Gasteiger partial charge >= 0.3 is 0 Å². The van der Waals surface area contributed by atoms with Gasteiger partial charge in [0.1, 0.15) is 22.4 Å². The number of nitrogens with two attached hydrogens (primary N) is 1. The molecule has 2 aliphatic rings. The Morgan fingerprint density at radius 3 is 2.79 bits per heavy atom.